The molecule has 29 heavy (non-hydrogen) atoms. The van der Waals surface area contributed by atoms with Crippen molar-refractivity contribution in [3.05, 3.63) is 40.6 Å². The Morgan fingerprint density at radius 3 is 2.66 bits per heavy atom. The van der Waals surface area contributed by atoms with Gasteiger partial charge in [0.1, 0.15) is 13.2 Å². The maximum atomic E-state index is 12.9. The van der Waals surface area contributed by atoms with Crippen molar-refractivity contribution < 1.29 is 14.3 Å². The summed E-state index contributed by atoms with van der Waals surface area (Å²) in [6, 6.07) is 7.79. The van der Waals surface area contributed by atoms with Gasteiger partial charge in [-0.05, 0) is 31.6 Å². The first kappa shape index (κ1) is 21.6. The number of likely N-dealkylation sites (N-methyl/N-ethyl adjacent to an activating group) is 1. The van der Waals surface area contributed by atoms with E-state index in [0.29, 0.717) is 30.6 Å². The summed E-state index contributed by atoms with van der Waals surface area (Å²) >= 11 is 3.09. The van der Waals surface area contributed by atoms with Crippen LogP contribution in [0.2, 0.25) is 0 Å². The second-order valence-electron chi connectivity index (χ2n) is 6.60. The molecule has 1 aliphatic rings. The van der Waals surface area contributed by atoms with Crippen LogP contribution in [-0.4, -0.2) is 56.2 Å². The van der Waals surface area contributed by atoms with E-state index in [2.05, 4.69) is 4.90 Å². The van der Waals surface area contributed by atoms with Crippen LogP contribution < -0.4 is 14.4 Å². The van der Waals surface area contributed by atoms with Gasteiger partial charge in [0.15, 0.2) is 16.6 Å². The second-order valence-corrected chi connectivity index (χ2v) is 8.59. The van der Waals surface area contributed by atoms with E-state index in [1.54, 1.807) is 22.3 Å². The van der Waals surface area contributed by atoms with Crippen molar-refractivity contribution in [1.82, 2.24) is 9.88 Å². The van der Waals surface area contributed by atoms with Crippen molar-refractivity contribution >= 4 is 62.4 Å². The van der Waals surface area contributed by atoms with Crippen LogP contribution in [0.5, 0.6) is 11.5 Å². The van der Waals surface area contributed by atoms with Crippen LogP contribution in [0.1, 0.15) is 4.88 Å². The Morgan fingerprint density at radius 2 is 1.97 bits per heavy atom. The Morgan fingerprint density at radius 1 is 1.21 bits per heavy atom. The first-order valence-electron chi connectivity index (χ1n) is 8.98. The Balaban J connectivity index is 0.00000240. The summed E-state index contributed by atoms with van der Waals surface area (Å²) in [6.45, 7) is 2.39. The van der Waals surface area contributed by atoms with Gasteiger partial charge in [-0.2, -0.15) is 0 Å². The monoisotopic (exact) mass is 451 g/mol. The number of anilines is 1. The van der Waals surface area contributed by atoms with Gasteiger partial charge in [0.25, 0.3) is 5.91 Å². The van der Waals surface area contributed by atoms with Crippen molar-refractivity contribution in [3.63, 3.8) is 0 Å². The van der Waals surface area contributed by atoms with E-state index in [4.69, 9.17) is 14.5 Å². The van der Waals surface area contributed by atoms with Gasteiger partial charge in [0.05, 0.1) is 10.2 Å². The maximum Gasteiger partial charge on any atom is 0.252 e. The molecule has 0 fully saturated rings. The summed E-state index contributed by atoms with van der Waals surface area (Å²) in [5.41, 5.74) is 0.814. The molecule has 2 aromatic heterocycles. The number of aromatic nitrogens is 1. The normalized spacial score (nSPS) is 13.1. The van der Waals surface area contributed by atoms with Crippen molar-refractivity contribution in [2.24, 2.45) is 0 Å². The lowest BCUT2D eigenvalue weighted by Crippen LogP contribution is -2.35. The van der Waals surface area contributed by atoms with Gasteiger partial charge in [-0.3, -0.25) is 9.69 Å². The third-order valence-electron chi connectivity index (χ3n) is 4.24. The van der Waals surface area contributed by atoms with Crippen molar-refractivity contribution in [3.8, 4) is 11.5 Å². The fraction of sp³-hybridized carbons (Fsp3) is 0.300. The highest BCUT2D eigenvalue weighted by molar-refractivity contribution is 7.22. The van der Waals surface area contributed by atoms with Crippen molar-refractivity contribution in [2.45, 2.75) is 0 Å². The topological polar surface area (TPSA) is 54.9 Å². The highest BCUT2D eigenvalue weighted by Gasteiger charge is 2.20. The molecule has 1 aromatic carbocycles. The van der Waals surface area contributed by atoms with Crippen LogP contribution >= 0.6 is 35.1 Å². The standard InChI is InChI=1S/C20H21N3O3S2.ClH/c1-22(2)7-8-23(19(24)6-5-14-4-3-11-27-14)20-21-15-12-16-17(13-18(15)28-20)26-10-9-25-16;/h3-6,11-13H,7-10H2,1-2H3;1H. The van der Waals surface area contributed by atoms with Gasteiger partial charge in [-0.15, -0.1) is 23.7 Å². The van der Waals surface area contributed by atoms with Crippen molar-refractivity contribution in [1.29, 1.82) is 0 Å². The number of fused-ring (bicyclic) bond motifs is 2. The number of carbonyl (C=O) groups excluding carboxylic acids is 1. The minimum absolute atomic E-state index is 0. The van der Waals surface area contributed by atoms with Crippen LogP contribution in [-0.2, 0) is 4.79 Å². The molecule has 6 nitrogen and oxygen atoms in total. The zero-order valence-electron chi connectivity index (χ0n) is 16.2. The summed E-state index contributed by atoms with van der Waals surface area (Å²) in [5.74, 6) is 1.36. The molecule has 0 saturated heterocycles. The average molecular weight is 452 g/mol. The molecular formula is C20H22ClN3O3S2. The molecule has 9 heteroatoms. The molecule has 0 aliphatic carbocycles. The molecule has 3 heterocycles. The number of rotatable bonds is 6. The number of nitrogens with zero attached hydrogens (tertiary/aromatic N) is 3. The zero-order chi connectivity index (χ0) is 19.5. The summed E-state index contributed by atoms with van der Waals surface area (Å²) < 4.78 is 12.3. The predicted molar refractivity (Wildman–Crippen MR) is 122 cm³/mol. The summed E-state index contributed by atoms with van der Waals surface area (Å²) in [4.78, 5) is 22.5. The zero-order valence-corrected chi connectivity index (χ0v) is 18.6. The first-order valence-corrected chi connectivity index (χ1v) is 10.7. The molecule has 0 saturated carbocycles. The number of benzene rings is 1. The van der Waals surface area contributed by atoms with Crippen LogP contribution in [0.4, 0.5) is 5.13 Å². The van der Waals surface area contributed by atoms with Gasteiger partial charge in [-0.1, -0.05) is 17.4 Å². The Hall–Kier alpha value is -2.13. The van der Waals surface area contributed by atoms with Crippen molar-refractivity contribution in [2.75, 3.05) is 45.3 Å². The molecule has 0 spiro atoms. The average Bonchev–Trinajstić information content (AvgIpc) is 3.33. The lowest BCUT2D eigenvalue weighted by atomic mass is 10.3. The summed E-state index contributed by atoms with van der Waals surface area (Å²) in [7, 11) is 3.98. The lowest BCUT2D eigenvalue weighted by Gasteiger charge is -2.20. The number of hydrogen-bond acceptors (Lipinski definition) is 7. The van der Waals surface area contributed by atoms with E-state index in [1.165, 1.54) is 11.3 Å². The van der Waals surface area contributed by atoms with Gasteiger partial charge in [-0.25, -0.2) is 4.98 Å². The molecule has 4 rings (SSSR count). The van der Waals surface area contributed by atoms with Crippen LogP contribution in [0.25, 0.3) is 16.3 Å². The Labute approximate surface area is 183 Å². The minimum Gasteiger partial charge on any atom is -0.486 e. The summed E-state index contributed by atoms with van der Waals surface area (Å²) in [5, 5.41) is 2.67. The molecule has 1 aliphatic heterocycles. The smallest absolute Gasteiger partial charge is 0.252 e. The molecule has 154 valence electrons. The predicted octanol–water partition coefficient (Wildman–Crippen LogP) is 4.16. The molecule has 0 N–H and O–H groups in total. The minimum atomic E-state index is -0.0773. The molecule has 0 unspecified atom stereocenters. The van der Waals surface area contributed by atoms with E-state index in [0.717, 1.165) is 27.4 Å². The molecule has 1 amide bonds. The van der Waals surface area contributed by atoms with Gasteiger partial charge in [0.2, 0.25) is 0 Å². The van der Waals surface area contributed by atoms with Gasteiger partial charge < -0.3 is 14.4 Å². The number of carbonyl (C=O) groups is 1. The third kappa shape index (κ3) is 5.08. The molecule has 0 radical (unpaired) electrons. The first-order chi connectivity index (χ1) is 13.6. The van der Waals surface area contributed by atoms with E-state index < -0.39 is 0 Å². The third-order valence-corrected chi connectivity index (χ3v) is 6.12. The number of amides is 1. The molecule has 0 atom stereocenters. The highest BCUT2D eigenvalue weighted by atomic mass is 35.5. The fourth-order valence-electron chi connectivity index (χ4n) is 2.80. The maximum absolute atomic E-state index is 12.9. The van der Waals surface area contributed by atoms with E-state index in [9.17, 15) is 4.79 Å². The van der Waals surface area contributed by atoms with E-state index >= 15 is 0 Å². The van der Waals surface area contributed by atoms with Gasteiger partial charge >= 0.3 is 0 Å². The fourth-order valence-corrected chi connectivity index (χ4v) is 4.42. The SMILES string of the molecule is CN(C)CCN(C(=O)C=Cc1cccs1)c1nc2cc3c(cc2s1)OCCO3.Cl. The van der Waals surface area contributed by atoms with E-state index in [1.807, 2.05) is 49.8 Å². The van der Waals surface area contributed by atoms with Crippen LogP contribution in [0, 0.1) is 0 Å². The largest absolute Gasteiger partial charge is 0.486 e. The molecule has 0 bridgehead atoms. The summed E-state index contributed by atoms with van der Waals surface area (Å²) in [6.07, 6.45) is 3.47. The van der Waals surface area contributed by atoms with Gasteiger partial charge in [0, 0.05) is 36.2 Å². The number of hydrogen-bond donors (Lipinski definition) is 0. The van der Waals surface area contributed by atoms with Crippen LogP contribution in [0.15, 0.2) is 35.7 Å². The number of thiophene rings is 1. The highest BCUT2D eigenvalue weighted by Crippen LogP contribution is 2.38. The van der Waals surface area contributed by atoms with Crippen LogP contribution in [0.3, 0.4) is 0 Å². The number of thiazole rings is 1. The number of halogens is 1. The second kappa shape index (κ2) is 9.58. The Bertz CT molecular complexity index is 959. The molecular weight excluding hydrogens is 430 g/mol. The van der Waals surface area contributed by atoms with E-state index in [-0.39, 0.29) is 18.3 Å². The quantitative estimate of drug-likeness (QED) is 0.527. The Kier molecular flexibility index (Phi) is 7.13. The lowest BCUT2D eigenvalue weighted by molar-refractivity contribution is -0.114. The molecule has 3 aromatic rings. The number of ether oxygens (including phenoxy) is 2.